The summed E-state index contributed by atoms with van der Waals surface area (Å²) in [5, 5.41) is 12.6. The van der Waals surface area contributed by atoms with Crippen LogP contribution in [0.2, 0.25) is 0 Å². The molecule has 0 bridgehead atoms. The van der Waals surface area contributed by atoms with Crippen molar-refractivity contribution in [3.63, 3.8) is 0 Å². The van der Waals surface area contributed by atoms with Gasteiger partial charge in [0.2, 0.25) is 5.91 Å². The Bertz CT molecular complexity index is 621. The molecule has 1 amide bonds. The second-order valence-corrected chi connectivity index (χ2v) is 4.78. The van der Waals surface area contributed by atoms with Crippen LogP contribution in [0.25, 0.3) is 6.08 Å². The topological polar surface area (TPSA) is 58.6 Å². The van der Waals surface area contributed by atoms with Crippen molar-refractivity contribution in [2.45, 2.75) is 6.10 Å². The van der Waals surface area contributed by atoms with Gasteiger partial charge in [-0.05, 0) is 29.3 Å². The van der Waals surface area contributed by atoms with E-state index in [1.165, 1.54) is 6.08 Å². The summed E-state index contributed by atoms with van der Waals surface area (Å²) >= 11 is 0. The van der Waals surface area contributed by atoms with E-state index >= 15 is 0 Å². The van der Waals surface area contributed by atoms with Crippen LogP contribution in [-0.4, -0.2) is 24.7 Å². The molecule has 0 heterocycles. The molecule has 0 aliphatic rings. The lowest BCUT2D eigenvalue weighted by molar-refractivity contribution is -0.116. The van der Waals surface area contributed by atoms with E-state index in [1.54, 1.807) is 13.2 Å². The normalized spacial score (nSPS) is 12.1. The quantitative estimate of drug-likeness (QED) is 0.806. The van der Waals surface area contributed by atoms with Crippen molar-refractivity contribution in [1.29, 1.82) is 0 Å². The number of nitrogens with one attached hydrogen (secondary N) is 1. The molecule has 0 fully saturated rings. The van der Waals surface area contributed by atoms with Gasteiger partial charge in [0.1, 0.15) is 5.75 Å². The summed E-state index contributed by atoms with van der Waals surface area (Å²) in [5.41, 5.74) is 1.68. The fourth-order valence-electron chi connectivity index (χ4n) is 1.94. The van der Waals surface area contributed by atoms with E-state index in [1.807, 2.05) is 54.6 Å². The summed E-state index contributed by atoms with van der Waals surface area (Å²) in [6, 6.07) is 16.6. The number of ether oxygens (including phenoxy) is 1. The Labute approximate surface area is 130 Å². The number of methoxy groups -OCH3 is 1. The lowest BCUT2D eigenvalue weighted by atomic mass is 10.1. The van der Waals surface area contributed by atoms with Gasteiger partial charge in [-0.15, -0.1) is 0 Å². The van der Waals surface area contributed by atoms with E-state index in [0.717, 1.165) is 16.9 Å². The monoisotopic (exact) mass is 297 g/mol. The predicted molar refractivity (Wildman–Crippen MR) is 86.4 cm³/mol. The Balaban J connectivity index is 1.83. The minimum atomic E-state index is -0.709. The first kappa shape index (κ1) is 15.8. The van der Waals surface area contributed by atoms with Gasteiger partial charge in [-0.3, -0.25) is 4.79 Å². The molecule has 0 spiro atoms. The number of carbonyl (C=O) groups is 1. The molecule has 0 aromatic heterocycles. The number of hydrogen-bond donors (Lipinski definition) is 2. The summed E-state index contributed by atoms with van der Waals surface area (Å²) in [7, 11) is 1.61. The number of carbonyl (C=O) groups excluding carboxylic acids is 1. The van der Waals surface area contributed by atoms with Crippen LogP contribution in [0.5, 0.6) is 5.75 Å². The molecule has 22 heavy (non-hydrogen) atoms. The standard InChI is InChI=1S/C18H19NO3/c1-22-16-10-7-14(8-11-16)9-12-18(21)19-13-17(20)15-5-3-2-4-6-15/h2-12,17,20H,13H2,1H3,(H,19,21)/b12-9+. The lowest BCUT2D eigenvalue weighted by Crippen LogP contribution is -2.26. The highest BCUT2D eigenvalue weighted by atomic mass is 16.5. The third-order valence-electron chi connectivity index (χ3n) is 3.20. The molecular weight excluding hydrogens is 278 g/mol. The first-order chi connectivity index (χ1) is 10.7. The van der Waals surface area contributed by atoms with Crippen molar-refractivity contribution in [2.75, 3.05) is 13.7 Å². The Morgan fingerprint density at radius 3 is 2.50 bits per heavy atom. The van der Waals surface area contributed by atoms with Crippen molar-refractivity contribution in [1.82, 2.24) is 5.32 Å². The Morgan fingerprint density at radius 2 is 1.86 bits per heavy atom. The molecule has 2 rings (SSSR count). The SMILES string of the molecule is COc1ccc(/C=C/C(=O)NCC(O)c2ccccc2)cc1. The van der Waals surface area contributed by atoms with E-state index in [2.05, 4.69) is 5.32 Å². The van der Waals surface area contributed by atoms with Crippen molar-refractivity contribution >= 4 is 12.0 Å². The zero-order chi connectivity index (χ0) is 15.8. The summed E-state index contributed by atoms with van der Waals surface area (Å²) in [6.07, 6.45) is 2.45. The lowest BCUT2D eigenvalue weighted by Gasteiger charge is -2.10. The first-order valence-corrected chi connectivity index (χ1v) is 7.02. The highest BCUT2D eigenvalue weighted by Gasteiger charge is 2.07. The summed E-state index contributed by atoms with van der Waals surface area (Å²) in [5.74, 6) is 0.526. The van der Waals surface area contributed by atoms with Gasteiger partial charge in [0.25, 0.3) is 0 Å². The third kappa shape index (κ3) is 4.75. The first-order valence-electron chi connectivity index (χ1n) is 7.02. The highest BCUT2D eigenvalue weighted by Crippen LogP contribution is 2.12. The minimum Gasteiger partial charge on any atom is -0.497 e. The van der Waals surface area contributed by atoms with Gasteiger partial charge in [-0.25, -0.2) is 0 Å². The largest absolute Gasteiger partial charge is 0.497 e. The van der Waals surface area contributed by atoms with Crippen LogP contribution < -0.4 is 10.1 Å². The maximum Gasteiger partial charge on any atom is 0.244 e. The number of aliphatic hydroxyl groups excluding tert-OH is 1. The van der Waals surface area contributed by atoms with Crippen LogP contribution in [-0.2, 0) is 4.79 Å². The van der Waals surface area contributed by atoms with E-state index in [-0.39, 0.29) is 12.5 Å². The fraction of sp³-hybridized carbons (Fsp3) is 0.167. The van der Waals surface area contributed by atoms with Gasteiger partial charge in [-0.1, -0.05) is 42.5 Å². The van der Waals surface area contributed by atoms with Crippen LogP contribution in [0.1, 0.15) is 17.2 Å². The number of rotatable bonds is 6. The molecule has 1 unspecified atom stereocenters. The second kappa shape index (κ2) is 8.00. The van der Waals surface area contributed by atoms with Crippen molar-refractivity contribution in [2.24, 2.45) is 0 Å². The average molecular weight is 297 g/mol. The van der Waals surface area contributed by atoms with Crippen LogP contribution in [0.4, 0.5) is 0 Å². The van der Waals surface area contributed by atoms with Crippen LogP contribution in [0, 0.1) is 0 Å². The molecule has 114 valence electrons. The van der Waals surface area contributed by atoms with E-state index in [0.29, 0.717) is 0 Å². The molecule has 4 heteroatoms. The molecular formula is C18H19NO3. The fourth-order valence-corrected chi connectivity index (χ4v) is 1.94. The molecule has 0 aliphatic carbocycles. The Hall–Kier alpha value is -2.59. The third-order valence-corrected chi connectivity index (χ3v) is 3.20. The van der Waals surface area contributed by atoms with Gasteiger partial charge in [0.05, 0.1) is 13.2 Å². The molecule has 2 N–H and O–H groups in total. The maximum absolute atomic E-state index is 11.7. The molecule has 4 nitrogen and oxygen atoms in total. The maximum atomic E-state index is 11.7. The van der Waals surface area contributed by atoms with Gasteiger partial charge in [0, 0.05) is 12.6 Å². The Morgan fingerprint density at radius 1 is 1.18 bits per heavy atom. The number of benzene rings is 2. The van der Waals surface area contributed by atoms with E-state index < -0.39 is 6.10 Å². The summed E-state index contributed by atoms with van der Waals surface area (Å²) < 4.78 is 5.07. The zero-order valence-corrected chi connectivity index (χ0v) is 12.4. The molecule has 0 aliphatic heterocycles. The van der Waals surface area contributed by atoms with Crippen molar-refractivity contribution in [3.8, 4) is 5.75 Å². The van der Waals surface area contributed by atoms with Crippen LogP contribution in [0.15, 0.2) is 60.7 Å². The smallest absolute Gasteiger partial charge is 0.244 e. The Kier molecular flexibility index (Phi) is 5.74. The minimum absolute atomic E-state index is 0.176. The highest BCUT2D eigenvalue weighted by molar-refractivity contribution is 5.91. The number of hydrogen-bond acceptors (Lipinski definition) is 3. The number of aliphatic hydroxyl groups is 1. The molecule has 1 atom stereocenters. The van der Waals surface area contributed by atoms with Crippen LogP contribution >= 0.6 is 0 Å². The van der Waals surface area contributed by atoms with Gasteiger partial charge < -0.3 is 15.2 Å². The van der Waals surface area contributed by atoms with Crippen LogP contribution in [0.3, 0.4) is 0 Å². The molecule has 0 saturated carbocycles. The summed E-state index contributed by atoms with van der Waals surface area (Å²) in [6.45, 7) is 0.176. The predicted octanol–water partition coefficient (Wildman–Crippen LogP) is 2.56. The van der Waals surface area contributed by atoms with Crippen molar-refractivity contribution < 1.29 is 14.6 Å². The average Bonchev–Trinajstić information content (AvgIpc) is 2.59. The van der Waals surface area contributed by atoms with Gasteiger partial charge in [-0.2, -0.15) is 0 Å². The number of amides is 1. The van der Waals surface area contributed by atoms with Crippen molar-refractivity contribution in [3.05, 3.63) is 71.8 Å². The van der Waals surface area contributed by atoms with Gasteiger partial charge >= 0.3 is 0 Å². The van der Waals surface area contributed by atoms with Gasteiger partial charge in [0.15, 0.2) is 0 Å². The summed E-state index contributed by atoms with van der Waals surface area (Å²) in [4.78, 5) is 11.7. The second-order valence-electron chi connectivity index (χ2n) is 4.78. The molecule has 2 aromatic rings. The zero-order valence-electron chi connectivity index (χ0n) is 12.4. The molecule has 2 aromatic carbocycles. The van der Waals surface area contributed by atoms with E-state index in [4.69, 9.17) is 4.74 Å². The molecule has 0 radical (unpaired) electrons. The molecule has 0 saturated heterocycles. The van der Waals surface area contributed by atoms with E-state index in [9.17, 15) is 9.90 Å².